The van der Waals surface area contributed by atoms with Gasteiger partial charge in [-0.25, -0.2) is 9.13 Å². The second-order valence-corrected chi connectivity index (χ2v) is 4.93. The van der Waals surface area contributed by atoms with Crippen LogP contribution < -0.4 is 0 Å². The molecule has 2 atom stereocenters. The van der Waals surface area contributed by atoms with Gasteiger partial charge >= 0.3 is 27.0 Å². The van der Waals surface area contributed by atoms with Crippen LogP contribution in [0.4, 0.5) is 0 Å². The summed E-state index contributed by atoms with van der Waals surface area (Å²) >= 11 is -3.15. The average molecular weight is 242 g/mol. The first-order valence-corrected chi connectivity index (χ1v) is 6.09. The molecule has 12 heteroatoms. The van der Waals surface area contributed by atoms with E-state index >= 15 is 0 Å². The van der Waals surface area contributed by atoms with E-state index in [1.54, 1.807) is 0 Å². The van der Waals surface area contributed by atoms with Crippen LogP contribution in [-0.4, -0.2) is 23.4 Å². The minimum absolute atomic E-state index is 3.14. The van der Waals surface area contributed by atoms with Gasteiger partial charge in [0.2, 0.25) is 0 Å². The van der Waals surface area contributed by atoms with Crippen LogP contribution in [0.5, 0.6) is 0 Å². The Morgan fingerprint density at radius 3 is 1.83 bits per heavy atom. The summed E-state index contributed by atoms with van der Waals surface area (Å²) in [6.07, 6.45) is 0. The van der Waals surface area contributed by atoms with Gasteiger partial charge < -0.3 is 14.7 Å². The van der Waals surface area contributed by atoms with Gasteiger partial charge in [-0.3, -0.25) is 4.55 Å². The van der Waals surface area contributed by atoms with Crippen molar-refractivity contribution in [2.24, 2.45) is 0 Å². The second kappa shape index (κ2) is 4.05. The van der Waals surface area contributed by atoms with Crippen molar-refractivity contribution in [3.05, 3.63) is 0 Å². The van der Waals surface area contributed by atoms with Crippen molar-refractivity contribution >= 4 is 27.0 Å². The second-order valence-electron chi connectivity index (χ2n) is 1.33. The molecule has 0 spiro atoms. The topological polar surface area (TPSA) is 151 Å². The van der Waals surface area contributed by atoms with Crippen molar-refractivity contribution in [1.29, 1.82) is 0 Å². The molecule has 0 saturated carbocycles. The molecule has 0 rings (SSSR count). The first-order valence-electron chi connectivity index (χ1n) is 2.03. The minimum atomic E-state index is -5.23. The maximum Gasteiger partial charge on any atom is 0.495 e. The van der Waals surface area contributed by atoms with E-state index in [9.17, 15) is 13.3 Å². The lowest BCUT2D eigenvalue weighted by molar-refractivity contribution is 0.230. The Labute approximate surface area is 68.7 Å². The first kappa shape index (κ1) is 12.4. The maximum absolute atomic E-state index is 10.3. The van der Waals surface area contributed by atoms with E-state index in [0.29, 0.717) is 0 Å². The Balaban J connectivity index is 4.35. The van der Waals surface area contributed by atoms with Crippen molar-refractivity contribution in [2.45, 2.75) is 0 Å². The highest BCUT2D eigenvalue weighted by Gasteiger charge is 2.34. The Hall–Kier alpha value is 0.370. The Kier molecular flexibility index (Phi) is 4.18. The normalized spacial score (nSPS) is 20.0. The van der Waals surface area contributed by atoms with Crippen LogP contribution in [0.15, 0.2) is 0 Å². The minimum Gasteiger partial charge on any atom is -0.302 e. The molecule has 0 aromatic rings. The van der Waals surface area contributed by atoms with E-state index in [4.69, 9.17) is 19.2 Å². The molecule has 9 nitrogen and oxygen atoms in total. The molecule has 0 aliphatic heterocycles. The van der Waals surface area contributed by atoms with Crippen LogP contribution >= 0.6 is 15.6 Å². The molecule has 0 radical (unpaired) electrons. The van der Waals surface area contributed by atoms with Crippen LogP contribution in [0.25, 0.3) is 0 Å². The third-order valence-corrected chi connectivity index (χ3v) is 3.31. The fourth-order valence-electron chi connectivity index (χ4n) is 0.229. The van der Waals surface area contributed by atoms with Crippen LogP contribution in [-0.2, 0) is 28.8 Å². The fraction of sp³-hybridized carbons (Fsp3) is 0. The Morgan fingerprint density at radius 2 is 1.58 bits per heavy atom. The van der Waals surface area contributed by atoms with Crippen molar-refractivity contribution in [1.82, 2.24) is 0 Å². The SMILES string of the molecule is O=S(O)OP(=O)(O)OP(=O)(O)O. The third kappa shape index (κ3) is 7.04. The summed E-state index contributed by atoms with van der Waals surface area (Å²) in [5.74, 6) is 0. The van der Waals surface area contributed by atoms with Gasteiger partial charge in [0.05, 0.1) is 0 Å². The van der Waals surface area contributed by atoms with Crippen molar-refractivity contribution in [2.75, 3.05) is 0 Å². The molecule has 0 aromatic heterocycles. The maximum atomic E-state index is 10.3. The molecule has 0 aromatic carbocycles. The summed E-state index contributed by atoms with van der Waals surface area (Å²) in [5, 5.41) is 0. The summed E-state index contributed by atoms with van der Waals surface area (Å²) in [7, 11) is -10.4. The molecular formula is H4O9P2S. The van der Waals surface area contributed by atoms with E-state index in [2.05, 4.69) is 8.28 Å². The summed E-state index contributed by atoms with van der Waals surface area (Å²) in [6.45, 7) is 0. The largest absolute Gasteiger partial charge is 0.495 e. The van der Waals surface area contributed by atoms with E-state index in [1.807, 2.05) is 0 Å². The van der Waals surface area contributed by atoms with Gasteiger partial charge in [0.1, 0.15) is 0 Å². The molecule has 0 fully saturated rings. The first-order chi connectivity index (χ1) is 5.12. The van der Waals surface area contributed by atoms with Crippen LogP contribution in [0.2, 0.25) is 0 Å². The van der Waals surface area contributed by atoms with E-state index < -0.39 is 27.0 Å². The molecule has 12 heavy (non-hydrogen) atoms. The van der Waals surface area contributed by atoms with Gasteiger partial charge in [-0.1, -0.05) is 0 Å². The predicted octanol–water partition coefficient (Wildman–Crippen LogP) is -0.651. The highest BCUT2D eigenvalue weighted by atomic mass is 32.2. The quantitative estimate of drug-likeness (QED) is 0.372. The van der Waals surface area contributed by atoms with Crippen LogP contribution in [0.1, 0.15) is 0 Å². The summed E-state index contributed by atoms with van der Waals surface area (Å²) in [5.41, 5.74) is 0. The molecule has 0 heterocycles. The number of rotatable bonds is 4. The van der Waals surface area contributed by atoms with E-state index in [0.717, 1.165) is 0 Å². The zero-order chi connectivity index (χ0) is 9.99. The number of hydrogen-bond acceptors (Lipinski definition) is 5. The third-order valence-electron chi connectivity index (χ3n) is 0.367. The summed E-state index contributed by atoms with van der Waals surface area (Å²) in [4.78, 5) is 24.2. The molecular weight excluding hydrogens is 238 g/mol. The van der Waals surface area contributed by atoms with E-state index in [1.165, 1.54) is 0 Å². The number of phosphoric acid groups is 2. The number of hydrogen-bond donors (Lipinski definition) is 4. The molecule has 74 valence electrons. The lowest BCUT2D eigenvalue weighted by atomic mass is 15.7. The summed E-state index contributed by atoms with van der Waals surface area (Å²) < 4.78 is 44.2. The monoisotopic (exact) mass is 242 g/mol. The summed E-state index contributed by atoms with van der Waals surface area (Å²) in [6, 6.07) is 0. The van der Waals surface area contributed by atoms with Gasteiger partial charge in [-0.05, 0) is 0 Å². The van der Waals surface area contributed by atoms with Gasteiger partial charge in [-0.2, -0.15) is 12.5 Å². The molecule has 0 aliphatic rings. The average Bonchev–Trinajstić information content (AvgIpc) is 1.48. The fourth-order valence-corrected chi connectivity index (χ4v) is 2.30. The van der Waals surface area contributed by atoms with Crippen LogP contribution in [0, 0.1) is 0 Å². The van der Waals surface area contributed by atoms with Crippen molar-refractivity contribution < 1.29 is 40.9 Å². The molecule has 0 saturated heterocycles. The van der Waals surface area contributed by atoms with Gasteiger partial charge in [0.25, 0.3) is 0 Å². The van der Waals surface area contributed by atoms with Gasteiger partial charge in [0, 0.05) is 0 Å². The van der Waals surface area contributed by atoms with Gasteiger partial charge in [-0.15, -0.1) is 0 Å². The molecule has 0 bridgehead atoms. The molecule has 0 amide bonds. The van der Waals surface area contributed by atoms with Crippen molar-refractivity contribution in [3.8, 4) is 0 Å². The molecule has 0 aliphatic carbocycles. The zero-order valence-electron chi connectivity index (χ0n) is 5.13. The molecule has 2 unspecified atom stereocenters. The lowest BCUT2D eigenvalue weighted by Crippen LogP contribution is -1.95. The predicted molar refractivity (Wildman–Crippen MR) is 34.8 cm³/mol. The zero-order valence-corrected chi connectivity index (χ0v) is 7.74. The Bertz CT molecular complexity index is 260. The highest BCUT2D eigenvalue weighted by molar-refractivity contribution is 7.80. The highest BCUT2D eigenvalue weighted by Crippen LogP contribution is 2.57. The Morgan fingerprint density at radius 1 is 1.17 bits per heavy atom. The van der Waals surface area contributed by atoms with Crippen LogP contribution in [0.3, 0.4) is 0 Å². The van der Waals surface area contributed by atoms with Crippen molar-refractivity contribution in [3.63, 3.8) is 0 Å². The molecule has 4 N–H and O–H groups in total. The van der Waals surface area contributed by atoms with E-state index in [-0.39, 0.29) is 0 Å². The van der Waals surface area contributed by atoms with Gasteiger partial charge in [0.15, 0.2) is 0 Å². The smallest absolute Gasteiger partial charge is 0.302 e. The standard InChI is InChI=1S/H4O9P2S/c1-10(2,3)8-11(4,5)9-12(6)7/h(H,4,5)(H,6,7)(H2,1,2,3). The lowest BCUT2D eigenvalue weighted by Gasteiger charge is -2.08.